The molecule has 1 aromatic heterocycles. The minimum atomic E-state index is -0.636. The number of halogens is 2. The van der Waals surface area contributed by atoms with Crippen LogP contribution in [0.15, 0.2) is 35.3 Å². The zero-order valence-corrected chi connectivity index (χ0v) is 11.7. The molecule has 0 fully saturated rings. The van der Waals surface area contributed by atoms with E-state index in [0.29, 0.717) is 17.3 Å². The number of aromatic nitrogens is 3. The summed E-state index contributed by atoms with van der Waals surface area (Å²) in [5, 5.41) is 17.7. The highest BCUT2D eigenvalue weighted by Gasteiger charge is 2.08. The first kappa shape index (κ1) is 13.3. The topological polar surface area (TPSA) is 60.2 Å². The molecular formula is C11H11BrClN3O2. The van der Waals surface area contributed by atoms with Crippen molar-refractivity contribution in [1.29, 1.82) is 0 Å². The first-order valence-electron chi connectivity index (χ1n) is 5.23. The summed E-state index contributed by atoms with van der Waals surface area (Å²) in [6, 6.07) is 5.22. The Morgan fingerprint density at radius 2 is 2.11 bits per heavy atom. The van der Waals surface area contributed by atoms with E-state index in [0.717, 1.165) is 4.47 Å². The predicted octanol–water partition coefficient (Wildman–Crippen LogP) is 2.13. The summed E-state index contributed by atoms with van der Waals surface area (Å²) < 4.78 is 7.93. The Kier molecular flexibility index (Phi) is 4.57. The molecule has 96 valence electrons. The molecule has 0 amide bonds. The summed E-state index contributed by atoms with van der Waals surface area (Å²) in [5.41, 5.74) is 0. The summed E-state index contributed by atoms with van der Waals surface area (Å²) >= 11 is 9.16. The van der Waals surface area contributed by atoms with Crippen molar-refractivity contribution in [2.45, 2.75) is 12.6 Å². The van der Waals surface area contributed by atoms with Crippen LogP contribution in [0.25, 0.3) is 0 Å². The minimum absolute atomic E-state index is 0.179. The van der Waals surface area contributed by atoms with Gasteiger partial charge in [-0.3, -0.25) is 0 Å². The fourth-order valence-electron chi connectivity index (χ4n) is 1.39. The van der Waals surface area contributed by atoms with Gasteiger partial charge in [-0.25, -0.2) is 0 Å². The van der Waals surface area contributed by atoms with Crippen molar-refractivity contribution < 1.29 is 9.84 Å². The average molecular weight is 333 g/mol. The standard InChI is InChI=1S/C11H11BrClN3O2/c12-10-3-8(13)1-2-11(10)18-5-9(17)4-16-6-14-15-7-16/h1-3,6-7,9,17H,4-5H2. The van der Waals surface area contributed by atoms with Crippen molar-refractivity contribution in [2.24, 2.45) is 0 Å². The summed E-state index contributed by atoms with van der Waals surface area (Å²) in [6.45, 7) is 0.566. The number of aliphatic hydroxyl groups excluding tert-OH is 1. The van der Waals surface area contributed by atoms with Gasteiger partial charge in [0.15, 0.2) is 0 Å². The highest BCUT2D eigenvalue weighted by Crippen LogP contribution is 2.27. The molecule has 1 heterocycles. The number of hydrogen-bond acceptors (Lipinski definition) is 4. The predicted molar refractivity (Wildman–Crippen MR) is 70.7 cm³/mol. The van der Waals surface area contributed by atoms with Gasteiger partial charge in [0.25, 0.3) is 0 Å². The van der Waals surface area contributed by atoms with Crippen LogP contribution in [0.3, 0.4) is 0 Å². The zero-order chi connectivity index (χ0) is 13.0. The van der Waals surface area contributed by atoms with Crippen molar-refractivity contribution in [3.05, 3.63) is 40.3 Å². The second-order valence-corrected chi connectivity index (χ2v) is 4.99. The van der Waals surface area contributed by atoms with E-state index in [-0.39, 0.29) is 6.61 Å². The number of aliphatic hydroxyl groups is 1. The molecule has 0 saturated carbocycles. The smallest absolute Gasteiger partial charge is 0.133 e. The van der Waals surface area contributed by atoms with Gasteiger partial charge in [0, 0.05) is 5.02 Å². The fraction of sp³-hybridized carbons (Fsp3) is 0.273. The van der Waals surface area contributed by atoms with Crippen molar-refractivity contribution in [1.82, 2.24) is 14.8 Å². The maximum absolute atomic E-state index is 9.79. The SMILES string of the molecule is OC(COc1ccc(Cl)cc1Br)Cn1cnnc1. The van der Waals surface area contributed by atoms with Crippen LogP contribution in [-0.4, -0.2) is 32.6 Å². The molecular weight excluding hydrogens is 321 g/mol. The number of hydrogen-bond donors (Lipinski definition) is 1. The lowest BCUT2D eigenvalue weighted by Gasteiger charge is -2.13. The van der Waals surface area contributed by atoms with Crippen LogP contribution >= 0.6 is 27.5 Å². The molecule has 0 aliphatic heterocycles. The Bertz CT molecular complexity index is 507. The molecule has 0 aliphatic carbocycles. The third-order valence-corrected chi connectivity index (χ3v) is 3.07. The molecule has 1 aromatic carbocycles. The second-order valence-electron chi connectivity index (χ2n) is 3.70. The lowest BCUT2D eigenvalue weighted by atomic mass is 10.3. The summed E-state index contributed by atoms with van der Waals surface area (Å²) in [7, 11) is 0. The fourth-order valence-corrected chi connectivity index (χ4v) is 2.19. The van der Waals surface area contributed by atoms with Gasteiger partial charge in [-0.05, 0) is 34.1 Å². The molecule has 5 nitrogen and oxygen atoms in total. The first-order valence-corrected chi connectivity index (χ1v) is 6.40. The van der Waals surface area contributed by atoms with E-state index in [1.165, 1.54) is 0 Å². The highest BCUT2D eigenvalue weighted by atomic mass is 79.9. The zero-order valence-electron chi connectivity index (χ0n) is 9.33. The normalized spacial score (nSPS) is 12.4. The van der Waals surface area contributed by atoms with Crippen molar-refractivity contribution in [3.63, 3.8) is 0 Å². The van der Waals surface area contributed by atoms with Gasteiger partial charge < -0.3 is 14.4 Å². The van der Waals surface area contributed by atoms with Gasteiger partial charge in [-0.15, -0.1) is 10.2 Å². The van der Waals surface area contributed by atoms with Gasteiger partial charge in [-0.1, -0.05) is 11.6 Å². The van der Waals surface area contributed by atoms with E-state index in [9.17, 15) is 5.11 Å². The van der Waals surface area contributed by atoms with E-state index in [1.54, 1.807) is 35.4 Å². The van der Waals surface area contributed by atoms with E-state index in [1.807, 2.05) is 0 Å². The molecule has 0 aliphatic rings. The number of rotatable bonds is 5. The number of ether oxygens (including phenoxy) is 1. The quantitative estimate of drug-likeness (QED) is 0.911. The molecule has 1 N–H and O–H groups in total. The molecule has 1 atom stereocenters. The van der Waals surface area contributed by atoms with Crippen LogP contribution in [0, 0.1) is 0 Å². The van der Waals surface area contributed by atoms with Crippen molar-refractivity contribution >= 4 is 27.5 Å². The molecule has 18 heavy (non-hydrogen) atoms. The second kappa shape index (κ2) is 6.17. The number of nitrogens with zero attached hydrogens (tertiary/aromatic N) is 3. The Hall–Kier alpha value is -1.11. The third-order valence-electron chi connectivity index (χ3n) is 2.21. The van der Waals surface area contributed by atoms with Gasteiger partial charge >= 0.3 is 0 Å². The lowest BCUT2D eigenvalue weighted by molar-refractivity contribution is 0.0920. The summed E-state index contributed by atoms with van der Waals surface area (Å²) in [4.78, 5) is 0. The van der Waals surface area contributed by atoms with Crippen LogP contribution < -0.4 is 4.74 Å². The van der Waals surface area contributed by atoms with E-state index < -0.39 is 6.10 Å². The third kappa shape index (κ3) is 3.69. The molecule has 2 aromatic rings. The molecule has 0 saturated heterocycles. The van der Waals surface area contributed by atoms with Gasteiger partial charge in [-0.2, -0.15) is 0 Å². The lowest BCUT2D eigenvalue weighted by Crippen LogP contribution is -2.23. The largest absolute Gasteiger partial charge is 0.490 e. The molecule has 0 bridgehead atoms. The number of benzene rings is 1. The van der Waals surface area contributed by atoms with Gasteiger partial charge in [0.05, 0.1) is 11.0 Å². The van der Waals surface area contributed by atoms with Crippen LogP contribution in [0.4, 0.5) is 0 Å². The molecule has 0 radical (unpaired) electrons. The van der Waals surface area contributed by atoms with E-state index >= 15 is 0 Å². The Labute approximate surface area is 117 Å². The Morgan fingerprint density at radius 1 is 1.39 bits per heavy atom. The molecule has 1 unspecified atom stereocenters. The van der Waals surface area contributed by atoms with Crippen LogP contribution in [0.2, 0.25) is 5.02 Å². The highest BCUT2D eigenvalue weighted by molar-refractivity contribution is 9.10. The van der Waals surface area contributed by atoms with Gasteiger partial charge in [0.2, 0.25) is 0 Å². The van der Waals surface area contributed by atoms with Crippen molar-refractivity contribution in [3.8, 4) is 5.75 Å². The van der Waals surface area contributed by atoms with Crippen LogP contribution in [0.5, 0.6) is 5.75 Å². The minimum Gasteiger partial charge on any atom is -0.490 e. The maximum atomic E-state index is 9.79. The summed E-state index contributed by atoms with van der Waals surface area (Å²) in [6.07, 6.45) is 2.45. The molecule has 7 heteroatoms. The van der Waals surface area contributed by atoms with Gasteiger partial charge in [0.1, 0.15) is 31.1 Å². The van der Waals surface area contributed by atoms with Crippen molar-refractivity contribution in [2.75, 3.05) is 6.61 Å². The average Bonchev–Trinajstić information content (AvgIpc) is 2.80. The molecule has 2 rings (SSSR count). The molecule has 0 spiro atoms. The van der Waals surface area contributed by atoms with E-state index in [4.69, 9.17) is 16.3 Å². The van der Waals surface area contributed by atoms with E-state index in [2.05, 4.69) is 26.1 Å². The first-order chi connectivity index (χ1) is 8.65. The summed E-state index contributed by atoms with van der Waals surface area (Å²) in [5.74, 6) is 0.641. The monoisotopic (exact) mass is 331 g/mol. The maximum Gasteiger partial charge on any atom is 0.133 e. The Morgan fingerprint density at radius 3 is 2.78 bits per heavy atom. The van der Waals surface area contributed by atoms with Crippen LogP contribution in [0.1, 0.15) is 0 Å². The Balaban J connectivity index is 1.87. The van der Waals surface area contributed by atoms with Crippen LogP contribution in [-0.2, 0) is 6.54 Å².